The van der Waals surface area contributed by atoms with Crippen LogP contribution in [0.25, 0.3) is 0 Å². The van der Waals surface area contributed by atoms with Gasteiger partial charge in [0.05, 0.1) is 0 Å². The number of hydrogen-bond acceptors (Lipinski definition) is 2. The van der Waals surface area contributed by atoms with E-state index in [-0.39, 0.29) is 0 Å². The third kappa shape index (κ3) is 2.09. The van der Waals surface area contributed by atoms with E-state index in [0.29, 0.717) is 4.75 Å². The van der Waals surface area contributed by atoms with Gasteiger partial charge < -0.3 is 0 Å². The molecule has 2 aliphatic rings. The van der Waals surface area contributed by atoms with Crippen molar-refractivity contribution in [3.63, 3.8) is 0 Å². The molecule has 3 atom stereocenters. The molecule has 0 radical (unpaired) electrons. The molecular weight excluding hydrogens is 172 g/mol. The molecule has 64 valence electrons. The molecule has 0 N–H and O–H groups in total. The van der Waals surface area contributed by atoms with Gasteiger partial charge in [-0.1, -0.05) is 6.92 Å². The lowest BCUT2D eigenvalue weighted by atomic mass is 9.92. The van der Waals surface area contributed by atoms with Crippen LogP contribution < -0.4 is 0 Å². The number of thioether (sulfide) groups is 2. The predicted molar refractivity (Wildman–Crippen MR) is 55.5 cm³/mol. The molecule has 0 aromatic rings. The van der Waals surface area contributed by atoms with E-state index < -0.39 is 0 Å². The Kier molecular flexibility index (Phi) is 2.17. The van der Waals surface area contributed by atoms with E-state index in [4.69, 9.17) is 0 Å². The highest BCUT2D eigenvalue weighted by Crippen LogP contribution is 2.52. The summed E-state index contributed by atoms with van der Waals surface area (Å²) in [5, 5.41) is 1.05. The maximum Gasteiger partial charge on any atom is 0.0248 e. The number of hydrogen-bond donors (Lipinski definition) is 0. The summed E-state index contributed by atoms with van der Waals surface area (Å²) in [5.74, 6) is 3.80. The van der Waals surface area contributed by atoms with Crippen LogP contribution in [0.3, 0.4) is 0 Å². The summed E-state index contributed by atoms with van der Waals surface area (Å²) < 4.78 is 0.680. The fourth-order valence-corrected chi connectivity index (χ4v) is 2.89. The highest BCUT2D eigenvalue weighted by Gasteiger charge is 2.43. The van der Waals surface area contributed by atoms with Gasteiger partial charge in [0.25, 0.3) is 0 Å². The summed E-state index contributed by atoms with van der Waals surface area (Å²) in [6.07, 6.45) is 2.93. The molecule has 0 aromatic carbocycles. The van der Waals surface area contributed by atoms with E-state index in [1.807, 2.05) is 0 Å². The normalized spacial score (nSPS) is 43.6. The van der Waals surface area contributed by atoms with E-state index in [2.05, 4.69) is 37.4 Å². The summed E-state index contributed by atoms with van der Waals surface area (Å²) in [4.78, 5) is 0. The van der Waals surface area contributed by atoms with Crippen LogP contribution in [0.15, 0.2) is 0 Å². The average Bonchev–Trinajstić information content (AvgIpc) is 2.79. The lowest BCUT2D eigenvalue weighted by molar-refractivity contribution is 0.455. The fraction of sp³-hybridized carbons (Fsp3) is 1.00. The van der Waals surface area contributed by atoms with Crippen LogP contribution in [0.1, 0.15) is 26.7 Å². The Morgan fingerprint density at radius 1 is 1.64 bits per heavy atom. The first-order valence-corrected chi connectivity index (χ1v) is 6.50. The Hall–Kier alpha value is 0.700. The van der Waals surface area contributed by atoms with Gasteiger partial charge in [-0.2, -0.15) is 23.5 Å². The Bertz CT molecular complexity index is 148. The van der Waals surface area contributed by atoms with E-state index >= 15 is 0 Å². The first kappa shape index (κ1) is 8.31. The van der Waals surface area contributed by atoms with Crippen molar-refractivity contribution < 1.29 is 0 Å². The van der Waals surface area contributed by atoms with Gasteiger partial charge in [0.15, 0.2) is 0 Å². The van der Waals surface area contributed by atoms with Gasteiger partial charge in [0, 0.05) is 21.5 Å². The Labute approximate surface area is 77.9 Å². The smallest absolute Gasteiger partial charge is 0.0248 e. The summed E-state index contributed by atoms with van der Waals surface area (Å²) in [7, 11) is 0. The zero-order valence-corrected chi connectivity index (χ0v) is 8.93. The molecule has 2 heterocycles. The zero-order chi connectivity index (χ0) is 7.90. The third-order valence-corrected chi connectivity index (χ3v) is 5.61. The van der Waals surface area contributed by atoms with Crippen molar-refractivity contribution in [3.8, 4) is 0 Å². The van der Waals surface area contributed by atoms with Gasteiger partial charge in [-0.05, 0) is 25.7 Å². The van der Waals surface area contributed by atoms with Crippen molar-refractivity contribution in [2.45, 2.75) is 36.7 Å². The van der Waals surface area contributed by atoms with Crippen molar-refractivity contribution in [1.29, 1.82) is 0 Å². The average molecular weight is 188 g/mol. The molecule has 2 saturated heterocycles. The molecular formula is C9H16S2. The molecule has 0 aliphatic carbocycles. The molecule has 0 amide bonds. The molecule has 3 unspecified atom stereocenters. The highest BCUT2D eigenvalue weighted by atomic mass is 32.2. The molecule has 2 heteroatoms. The minimum atomic E-state index is 0.680. The van der Waals surface area contributed by atoms with Crippen LogP contribution in [-0.4, -0.2) is 21.5 Å². The van der Waals surface area contributed by atoms with Gasteiger partial charge in [-0.3, -0.25) is 0 Å². The molecule has 2 rings (SSSR count). The zero-order valence-electron chi connectivity index (χ0n) is 7.30. The minimum absolute atomic E-state index is 0.680. The molecule has 0 bridgehead atoms. The largest absolute Gasteiger partial charge is 0.157 e. The van der Waals surface area contributed by atoms with Crippen LogP contribution in [0, 0.1) is 5.92 Å². The van der Waals surface area contributed by atoms with Crippen molar-refractivity contribution in [1.82, 2.24) is 0 Å². The molecule has 0 saturated carbocycles. The quantitative estimate of drug-likeness (QED) is 0.622. The lowest BCUT2D eigenvalue weighted by Crippen LogP contribution is -2.15. The summed E-state index contributed by atoms with van der Waals surface area (Å²) >= 11 is 4.28. The monoisotopic (exact) mass is 188 g/mol. The molecule has 11 heavy (non-hydrogen) atoms. The van der Waals surface area contributed by atoms with Gasteiger partial charge in [-0.25, -0.2) is 0 Å². The summed E-state index contributed by atoms with van der Waals surface area (Å²) in [6, 6.07) is 0. The van der Waals surface area contributed by atoms with Crippen LogP contribution in [-0.2, 0) is 0 Å². The molecule has 2 fully saturated rings. The highest BCUT2D eigenvalue weighted by molar-refractivity contribution is 8.07. The lowest BCUT2D eigenvalue weighted by Gasteiger charge is -2.15. The molecule has 0 aromatic heterocycles. The third-order valence-electron chi connectivity index (χ3n) is 2.97. The van der Waals surface area contributed by atoms with E-state index in [1.54, 1.807) is 0 Å². The van der Waals surface area contributed by atoms with Gasteiger partial charge in [0.2, 0.25) is 0 Å². The maximum absolute atomic E-state index is 2.42. The fourth-order valence-electron chi connectivity index (χ4n) is 1.37. The second kappa shape index (κ2) is 2.88. The SMILES string of the molecule is CC(CCC1CS1)C1(C)CS1. The van der Waals surface area contributed by atoms with Gasteiger partial charge in [-0.15, -0.1) is 0 Å². The van der Waals surface area contributed by atoms with Crippen molar-refractivity contribution in [3.05, 3.63) is 0 Å². The number of rotatable bonds is 4. The standard InChI is InChI=1S/C9H16S2/c1-7(9(2)6-11-9)3-4-8-5-10-8/h7-8H,3-6H2,1-2H3. The first-order valence-electron chi connectivity index (χ1n) is 4.46. The van der Waals surface area contributed by atoms with Crippen LogP contribution >= 0.6 is 23.5 Å². The molecule has 0 nitrogen and oxygen atoms in total. The summed E-state index contributed by atoms with van der Waals surface area (Å²) in [5.41, 5.74) is 0. The van der Waals surface area contributed by atoms with Crippen LogP contribution in [0.2, 0.25) is 0 Å². The van der Waals surface area contributed by atoms with Crippen LogP contribution in [0.5, 0.6) is 0 Å². The maximum atomic E-state index is 2.42. The topological polar surface area (TPSA) is 0 Å². The van der Waals surface area contributed by atoms with Gasteiger partial charge in [0.1, 0.15) is 0 Å². The molecule has 0 spiro atoms. The van der Waals surface area contributed by atoms with Crippen LogP contribution in [0.4, 0.5) is 0 Å². The summed E-state index contributed by atoms with van der Waals surface area (Å²) in [6.45, 7) is 4.84. The Morgan fingerprint density at radius 3 is 2.73 bits per heavy atom. The van der Waals surface area contributed by atoms with Crippen molar-refractivity contribution in [2.75, 3.05) is 11.5 Å². The molecule has 2 aliphatic heterocycles. The van der Waals surface area contributed by atoms with Crippen molar-refractivity contribution in [2.24, 2.45) is 5.92 Å². The van der Waals surface area contributed by atoms with Crippen molar-refractivity contribution >= 4 is 23.5 Å². The van der Waals surface area contributed by atoms with E-state index in [9.17, 15) is 0 Å². The second-order valence-corrected chi connectivity index (χ2v) is 6.88. The Morgan fingerprint density at radius 2 is 2.27 bits per heavy atom. The van der Waals surface area contributed by atoms with Gasteiger partial charge >= 0.3 is 0 Å². The van der Waals surface area contributed by atoms with E-state index in [0.717, 1.165) is 11.2 Å². The predicted octanol–water partition coefficient (Wildman–Crippen LogP) is 3.02. The minimum Gasteiger partial charge on any atom is -0.157 e. The first-order chi connectivity index (χ1) is 5.21. The van der Waals surface area contributed by atoms with E-state index in [1.165, 1.54) is 24.3 Å². The Balaban J connectivity index is 1.68. The second-order valence-electron chi connectivity index (χ2n) is 4.04.